The normalized spacial score (nSPS) is 10.8. The number of ether oxygens (including phenoxy) is 2. The predicted molar refractivity (Wildman–Crippen MR) is 98.0 cm³/mol. The van der Waals surface area contributed by atoms with E-state index in [0.29, 0.717) is 39.9 Å². The average molecular weight is 364 g/mol. The Bertz CT molecular complexity index is 805. The van der Waals surface area contributed by atoms with Crippen LogP contribution in [0.4, 0.5) is 10.1 Å². The summed E-state index contributed by atoms with van der Waals surface area (Å²) in [5, 5.41) is 3.10. The van der Waals surface area contributed by atoms with Crippen LogP contribution < -0.4 is 14.8 Å². The van der Waals surface area contributed by atoms with Crippen molar-refractivity contribution in [2.24, 2.45) is 0 Å². The van der Waals surface area contributed by atoms with Crippen molar-refractivity contribution in [3.05, 3.63) is 58.4 Å². The van der Waals surface area contributed by atoms with E-state index >= 15 is 0 Å². The highest BCUT2D eigenvalue weighted by Crippen LogP contribution is 2.36. The number of aryl methyl sites for hydroxylation is 1. The molecule has 2 aromatic rings. The second kappa shape index (κ2) is 8.53. The van der Waals surface area contributed by atoms with Crippen molar-refractivity contribution in [2.75, 3.05) is 19.0 Å². The second-order valence-corrected chi connectivity index (χ2v) is 5.66. The number of halogens is 2. The smallest absolute Gasteiger partial charge is 0.248 e. The van der Waals surface area contributed by atoms with Crippen LogP contribution in [-0.2, 0) is 4.79 Å². The number of hydrogen-bond acceptors (Lipinski definition) is 3. The molecule has 25 heavy (non-hydrogen) atoms. The van der Waals surface area contributed by atoms with Gasteiger partial charge in [-0.1, -0.05) is 11.6 Å². The van der Waals surface area contributed by atoms with Gasteiger partial charge in [-0.25, -0.2) is 4.39 Å². The number of hydrogen-bond donors (Lipinski definition) is 1. The molecule has 0 saturated heterocycles. The first-order valence-electron chi connectivity index (χ1n) is 7.70. The zero-order valence-electron chi connectivity index (χ0n) is 14.2. The van der Waals surface area contributed by atoms with E-state index in [1.165, 1.54) is 31.4 Å². The first-order chi connectivity index (χ1) is 11.9. The van der Waals surface area contributed by atoms with Crippen molar-refractivity contribution in [3.63, 3.8) is 0 Å². The summed E-state index contributed by atoms with van der Waals surface area (Å²) in [4.78, 5) is 12.1. The van der Waals surface area contributed by atoms with Crippen LogP contribution in [0, 0.1) is 12.7 Å². The molecule has 2 aromatic carbocycles. The molecule has 0 aliphatic carbocycles. The molecule has 6 heteroatoms. The average Bonchev–Trinajstić information content (AvgIpc) is 2.57. The lowest BCUT2D eigenvalue weighted by Gasteiger charge is -2.12. The van der Waals surface area contributed by atoms with Gasteiger partial charge in [0.1, 0.15) is 5.82 Å². The SMILES string of the molecule is CCOc1c(Cl)cc(/C=C/C(=O)Nc2ccc(F)cc2C)cc1OC. The van der Waals surface area contributed by atoms with Crippen LogP contribution in [-0.4, -0.2) is 19.6 Å². The summed E-state index contributed by atoms with van der Waals surface area (Å²) in [6.07, 6.45) is 2.98. The highest BCUT2D eigenvalue weighted by Gasteiger charge is 2.11. The Morgan fingerprint density at radius 1 is 1.32 bits per heavy atom. The number of methoxy groups -OCH3 is 1. The molecule has 0 bridgehead atoms. The number of anilines is 1. The van der Waals surface area contributed by atoms with Gasteiger partial charge in [0.15, 0.2) is 11.5 Å². The summed E-state index contributed by atoms with van der Waals surface area (Å²) in [6, 6.07) is 7.58. The van der Waals surface area contributed by atoms with Crippen LogP contribution in [0.1, 0.15) is 18.1 Å². The lowest BCUT2D eigenvalue weighted by atomic mass is 10.1. The maximum atomic E-state index is 13.1. The Kier molecular flexibility index (Phi) is 6.42. The molecule has 132 valence electrons. The van der Waals surface area contributed by atoms with E-state index < -0.39 is 0 Å². The third-order valence-electron chi connectivity index (χ3n) is 3.41. The van der Waals surface area contributed by atoms with E-state index in [-0.39, 0.29) is 11.7 Å². The van der Waals surface area contributed by atoms with Gasteiger partial charge in [0.05, 0.1) is 18.7 Å². The molecule has 1 N–H and O–H groups in total. The fourth-order valence-corrected chi connectivity index (χ4v) is 2.51. The molecule has 0 aromatic heterocycles. The molecule has 0 spiro atoms. The zero-order valence-corrected chi connectivity index (χ0v) is 15.0. The van der Waals surface area contributed by atoms with Crippen molar-refractivity contribution in [1.29, 1.82) is 0 Å². The molecular weight excluding hydrogens is 345 g/mol. The van der Waals surface area contributed by atoms with E-state index in [1.807, 2.05) is 6.92 Å². The van der Waals surface area contributed by atoms with E-state index in [4.69, 9.17) is 21.1 Å². The Balaban J connectivity index is 2.15. The Morgan fingerprint density at radius 2 is 2.08 bits per heavy atom. The van der Waals surface area contributed by atoms with Gasteiger partial charge in [-0.3, -0.25) is 4.79 Å². The molecule has 0 radical (unpaired) electrons. The number of carbonyl (C=O) groups excluding carboxylic acids is 1. The van der Waals surface area contributed by atoms with Gasteiger partial charge in [-0.05, 0) is 61.4 Å². The number of rotatable bonds is 6. The van der Waals surface area contributed by atoms with Crippen molar-refractivity contribution in [2.45, 2.75) is 13.8 Å². The molecular formula is C19H19ClFNO3. The summed E-state index contributed by atoms with van der Waals surface area (Å²) < 4.78 is 23.8. The summed E-state index contributed by atoms with van der Waals surface area (Å²) in [7, 11) is 1.52. The number of amides is 1. The standard InChI is InChI=1S/C19H19ClFNO3/c1-4-25-19-15(20)10-13(11-17(19)24-3)5-8-18(23)22-16-7-6-14(21)9-12(16)2/h5-11H,4H2,1-3H3,(H,22,23)/b8-5+. The van der Waals surface area contributed by atoms with E-state index in [9.17, 15) is 9.18 Å². The molecule has 0 aliphatic heterocycles. The van der Waals surface area contributed by atoms with Crippen LogP contribution in [0.5, 0.6) is 11.5 Å². The third-order valence-corrected chi connectivity index (χ3v) is 3.69. The van der Waals surface area contributed by atoms with Gasteiger partial charge in [-0.15, -0.1) is 0 Å². The Morgan fingerprint density at radius 3 is 2.72 bits per heavy atom. The Labute approximate surface area is 151 Å². The highest BCUT2D eigenvalue weighted by atomic mass is 35.5. The lowest BCUT2D eigenvalue weighted by Crippen LogP contribution is -2.09. The molecule has 2 rings (SSSR count). The van der Waals surface area contributed by atoms with Gasteiger partial charge in [0.2, 0.25) is 5.91 Å². The number of nitrogens with one attached hydrogen (secondary N) is 1. The second-order valence-electron chi connectivity index (χ2n) is 5.25. The monoisotopic (exact) mass is 363 g/mol. The first kappa shape index (κ1) is 18.8. The molecule has 0 heterocycles. The summed E-state index contributed by atoms with van der Waals surface area (Å²) in [6.45, 7) is 4.04. The van der Waals surface area contributed by atoms with E-state index in [2.05, 4.69) is 5.32 Å². The molecule has 4 nitrogen and oxygen atoms in total. The predicted octanol–water partition coefficient (Wildman–Crippen LogP) is 4.85. The fourth-order valence-electron chi connectivity index (χ4n) is 2.23. The van der Waals surface area contributed by atoms with Crippen LogP contribution >= 0.6 is 11.6 Å². The largest absolute Gasteiger partial charge is 0.493 e. The van der Waals surface area contributed by atoms with Crippen LogP contribution in [0.15, 0.2) is 36.4 Å². The quantitative estimate of drug-likeness (QED) is 0.746. The maximum Gasteiger partial charge on any atom is 0.248 e. The van der Waals surface area contributed by atoms with Crippen molar-refractivity contribution in [3.8, 4) is 11.5 Å². The molecule has 1 amide bonds. The van der Waals surface area contributed by atoms with Gasteiger partial charge >= 0.3 is 0 Å². The van der Waals surface area contributed by atoms with Crippen LogP contribution in [0.3, 0.4) is 0 Å². The molecule has 0 saturated carbocycles. The third kappa shape index (κ3) is 4.97. The maximum absolute atomic E-state index is 13.1. The Hall–Kier alpha value is -2.53. The number of carbonyl (C=O) groups is 1. The minimum atomic E-state index is -0.345. The molecule has 0 atom stereocenters. The van der Waals surface area contributed by atoms with Gasteiger partial charge in [0, 0.05) is 11.8 Å². The van der Waals surface area contributed by atoms with Crippen LogP contribution in [0.25, 0.3) is 6.08 Å². The van der Waals surface area contributed by atoms with Gasteiger partial charge in [0.25, 0.3) is 0 Å². The molecule has 0 aliphatic rings. The van der Waals surface area contributed by atoms with Gasteiger partial charge < -0.3 is 14.8 Å². The van der Waals surface area contributed by atoms with E-state index in [1.54, 1.807) is 25.1 Å². The molecule has 0 fully saturated rings. The zero-order chi connectivity index (χ0) is 18.4. The summed E-state index contributed by atoms with van der Waals surface area (Å²) in [5.74, 6) is 0.278. The minimum absolute atomic E-state index is 0.335. The highest BCUT2D eigenvalue weighted by molar-refractivity contribution is 6.32. The van der Waals surface area contributed by atoms with Crippen molar-refractivity contribution in [1.82, 2.24) is 0 Å². The number of benzene rings is 2. The van der Waals surface area contributed by atoms with E-state index in [0.717, 1.165) is 0 Å². The fraction of sp³-hybridized carbons (Fsp3) is 0.211. The van der Waals surface area contributed by atoms with Crippen molar-refractivity contribution >= 4 is 29.3 Å². The topological polar surface area (TPSA) is 47.6 Å². The minimum Gasteiger partial charge on any atom is -0.493 e. The summed E-state index contributed by atoms with van der Waals surface area (Å²) in [5.41, 5.74) is 1.89. The lowest BCUT2D eigenvalue weighted by molar-refractivity contribution is -0.111. The molecule has 0 unspecified atom stereocenters. The van der Waals surface area contributed by atoms with Gasteiger partial charge in [-0.2, -0.15) is 0 Å². The van der Waals surface area contributed by atoms with Crippen molar-refractivity contribution < 1.29 is 18.7 Å². The first-order valence-corrected chi connectivity index (χ1v) is 8.08. The van der Waals surface area contributed by atoms with Crippen LogP contribution in [0.2, 0.25) is 5.02 Å². The summed E-state index contributed by atoms with van der Waals surface area (Å²) >= 11 is 6.20.